The van der Waals surface area contributed by atoms with E-state index in [0.717, 1.165) is 22.6 Å². The van der Waals surface area contributed by atoms with E-state index in [1.54, 1.807) is 22.3 Å². The molecule has 2 aliphatic rings. The van der Waals surface area contributed by atoms with Crippen LogP contribution >= 0.6 is 11.3 Å². The summed E-state index contributed by atoms with van der Waals surface area (Å²) in [6, 6.07) is 10.8. The summed E-state index contributed by atoms with van der Waals surface area (Å²) in [6.07, 6.45) is 1.80. The maximum Gasteiger partial charge on any atom is 0.271 e. The highest BCUT2D eigenvalue weighted by atomic mass is 32.1. The third kappa shape index (κ3) is 3.83. The van der Waals surface area contributed by atoms with E-state index < -0.39 is 10.8 Å². The van der Waals surface area contributed by atoms with Crippen LogP contribution in [0.3, 0.4) is 0 Å². The molecule has 0 saturated carbocycles. The molecule has 33 heavy (non-hydrogen) atoms. The molecule has 0 bridgehead atoms. The average molecular weight is 463 g/mol. The topological polar surface area (TPSA) is 113 Å². The SMILES string of the molecule is CCc1ccc([C@H]2C(C#N)=C(N)N(c3cc([N+](=O)[O-])ccc3C)C3=C2C(=O)CC(C)(C)C3)s1. The third-order valence-corrected chi connectivity index (χ3v) is 7.64. The van der Waals surface area contributed by atoms with Gasteiger partial charge in [0.1, 0.15) is 5.82 Å². The summed E-state index contributed by atoms with van der Waals surface area (Å²) >= 11 is 1.59. The summed E-state index contributed by atoms with van der Waals surface area (Å²) in [5, 5.41) is 21.6. The lowest BCUT2D eigenvalue weighted by Crippen LogP contribution is -2.42. The number of nitriles is 1. The molecule has 2 heterocycles. The summed E-state index contributed by atoms with van der Waals surface area (Å²) in [5.41, 5.74) is 9.17. The minimum absolute atomic E-state index is 0.00830. The highest BCUT2D eigenvalue weighted by Gasteiger charge is 2.45. The van der Waals surface area contributed by atoms with Gasteiger partial charge in [0.15, 0.2) is 5.78 Å². The predicted octanol–water partition coefficient (Wildman–Crippen LogP) is 5.47. The van der Waals surface area contributed by atoms with Gasteiger partial charge in [-0.05, 0) is 42.9 Å². The number of rotatable bonds is 4. The van der Waals surface area contributed by atoms with Gasteiger partial charge >= 0.3 is 0 Å². The molecule has 1 aliphatic carbocycles. The van der Waals surface area contributed by atoms with E-state index in [9.17, 15) is 20.2 Å². The lowest BCUT2D eigenvalue weighted by Gasteiger charge is -2.43. The van der Waals surface area contributed by atoms with Crippen molar-refractivity contribution in [2.45, 2.75) is 52.9 Å². The zero-order valence-corrected chi connectivity index (χ0v) is 20.0. The van der Waals surface area contributed by atoms with Gasteiger partial charge in [0.05, 0.1) is 28.2 Å². The fourth-order valence-electron chi connectivity index (χ4n) is 4.76. The van der Waals surface area contributed by atoms with Crippen molar-refractivity contribution in [3.63, 3.8) is 0 Å². The first-order chi connectivity index (χ1) is 15.6. The Balaban J connectivity index is 2.02. The van der Waals surface area contributed by atoms with E-state index in [2.05, 4.69) is 13.0 Å². The van der Waals surface area contributed by atoms with Crippen molar-refractivity contribution in [1.82, 2.24) is 0 Å². The number of non-ortho nitro benzene ring substituents is 1. The number of carbonyl (C=O) groups is 1. The van der Waals surface area contributed by atoms with Crippen molar-refractivity contribution in [2.75, 3.05) is 4.90 Å². The Morgan fingerprint density at radius 3 is 2.64 bits per heavy atom. The first kappa shape index (κ1) is 22.7. The van der Waals surface area contributed by atoms with Crippen LogP contribution in [-0.2, 0) is 11.2 Å². The molecule has 7 nitrogen and oxygen atoms in total. The number of nitro groups is 1. The van der Waals surface area contributed by atoms with E-state index in [-0.39, 0.29) is 22.7 Å². The number of ketones is 1. The molecule has 1 atom stereocenters. The van der Waals surface area contributed by atoms with Gasteiger partial charge < -0.3 is 5.73 Å². The Morgan fingerprint density at radius 1 is 1.30 bits per heavy atom. The van der Waals surface area contributed by atoms with Crippen molar-refractivity contribution in [3.8, 4) is 6.07 Å². The summed E-state index contributed by atoms with van der Waals surface area (Å²) in [4.78, 5) is 28.4. The molecule has 1 aromatic carbocycles. The van der Waals surface area contributed by atoms with Crippen LogP contribution in [0.1, 0.15) is 54.8 Å². The molecule has 4 rings (SSSR count). The van der Waals surface area contributed by atoms with E-state index in [1.165, 1.54) is 17.0 Å². The Bertz CT molecular complexity index is 1280. The Kier molecular flexibility index (Phi) is 5.62. The molecular formula is C25H26N4O3S. The molecule has 8 heteroatoms. The number of benzene rings is 1. The van der Waals surface area contributed by atoms with Gasteiger partial charge in [-0.1, -0.05) is 26.8 Å². The summed E-state index contributed by atoms with van der Waals surface area (Å²) in [7, 11) is 0. The van der Waals surface area contributed by atoms with Crippen LogP contribution in [0.5, 0.6) is 0 Å². The molecule has 1 aliphatic heterocycles. The molecule has 0 spiro atoms. The second-order valence-electron chi connectivity index (χ2n) is 9.37. The van der Waals surface area contributed by atoms with Gasteiger partial charge in [0, 0.05) is 39.6 Å². The monoisotopic (exact) mass is 462 g/mol. The highest BCUT2D eigenvalue weighted by Crippen LogP contribution is 2.51. The number of nitro benzene ring substituents is 1. The van der Waals surface area contributed by atoms with Gasteiger partial charge in [0.2, 0.25) is 0 Å². The number of hydrogen-bond acceptors (Lipinski definition) is 7. The molecule has 0 radical (unpaired) electrons. The largest absolute Gasteiger partial charge is 0.384 e. The average Bonchev–Trinajstić information content (AvgIpc) is 3.22. The number of carbonyl (C=O) groups excluding carboxylic acids is 1. The van der Waals surface area contributed by atoms with Crippen LogP contribution in [0, 0.1) is 33.8 Å². The zero-order chi connectivity index (χ0) is 24.1. The molecule has 0 fully saturated rings. The van der Waals surface area contributed by atoms with E-state index in [1.807, 2.05) is 32.9 Å². The van der Waals surface area contributed by atoms with Gasteiger partial charge in [-0.15, -0.1) is 11.3 Å². The molecule has 0 saturated heterocycles. The number of nitrogens with zero attached hydrogens (tertiary/aromatic N) is 3. The minimum Gasteiger partial charge on any atom is -0.384 e. The fraction of sp³-hybridized carbons (Fsp3) is 0.360. The highest BCUT2D eigenvalue weighted by molar-refractivity contribution is 7.12. The van der Waals surface area contributed by atoms with Gasteiger partial charge in [0.25, 0.3) is 5.69 Å². The normalized spacial score (nSPS) is 20.0. The quantitative estimate of drug-likeness (QED) is 0.476. The van der Waals surface area contributed by atoms with Gasteiger partial charge in [-0.2, -0.15) is 5.26 Å². The lowest BCUT2D eigenvalue weighted by molar-refractivity contribution is -0.384. The third-order valence-electron chi connectivity index (χ3n) is 6.34. The molecule has 0 unspecified atom stereocenters. The molecule has 0 amide bonds. The number of allylic oxidation sites excluding steroid dienone is 3. The van der Waals surface area contributed by atoms with Crippen molar-refractivity contribution in [1.29, 1.82) is 5.26 Å². The number of aryl methyl sites for hydroxylation is 2. The van der Waals surface area contributed by atoms with Crippen LogP contribution in [0.2, 0.25) is 0 Å². The first-order valence-electron chi connectivity index (χ1n) is 10.9. The van der Waals surface area contributed by atoms with E-state index in [4.69, 9.17) is 5.73 Å². The second kappa shape index (κ2) is 8.16. The van der Waals surface area contributed by atoms with Crippen molar-refractivity contribution in [2.24, 2.45) is 11.1 Å². The predicted molar refractivity (Wildman–Crippen MR) is 129 cm³/mol. The Labute approximate surface area is 197 Å². The van der Waals surface area contributed by atoms with Crippen LogP contribution in [0.4, 0.5) is 11.4 Å². The zero-order valence-electron chi connectivity index (χ0n) is 19.1. The standard InChI is InChI=1S/C25H26N4O3S/c1-5-16-8-9-21(33-16)22-17(13-26)24(27)28(18-10-15(29(31)32)7-6-14(18)2)19-11-25(3,4)12-20(30)23(19)22/h6-10,22H,5,11-12,27H2,1-4H3/t22-/m1/s1. The minimum atomic E-state index is -0.519. The van der Waals surface area contributed by atoms with Crippen molar-refractivity contribution >= 4 is 28.5 Å². The summed E-state index contributed by atoms with van der Waals surface area (Å²) < 4.78 is 0. The molecule has 1 aromatic heterocycles. The molecule has 2 N–H and O–H groups in total. The maximum atomic E-state index is 13.5. The van der Waals surface area contributed by atoms with Crippen molar-refractivity contribution in [3.05, 3.63) is 78.4 Å². The van der Waals surface area contributed by atoms with Crippen LogP contribution in [0.25, 0.3) is 0 Å². The summed E-state index contributed by atoms with van der Waals surface area (Å²) in [6.45, 7) is 7.97. The second-order valence-corrected chi connectivity index (χ2v) is 10.6. The smallest absolute Gasteiger partial charge is 0.271 e. The number of anilines is 1. The molecule has 2 aromatic rings. The molecular weight excluding hydrogens is 436 g/mol. The van der Waals surface area contributed by atoms with Crippen LogP contribution in [0.15, 0.2) is 53.0 Å². The summed E-state index contributed by atoms with van der Waals surface area (Å²) in [5.74, 6) is -0.304. The van der Waals surface area contributed by atoms with Gasteiger partial charge in [-0.3, -0.25) is 19.8 Å². The first-order valence-corrected chi connectivity index (χ1v) is 11.7. The van der Waals surface area contributed by atoms with E-state index in [0.29, 0.717) is 29.7 Å². The number of nitrogens with two attached hydrogens (primary N) is 1. The van der Waals surface area contributed by atoms with Crippen LogP contribution in [-0.4, -0.2) is 10.7 Å². The fourth-order valence-corrected chi connectivity index (χ4v) is 5.83. The van der Waals surface area contributed by atoms with Gasteiger partial charge in [-0.25, -0.2) is 0 Å². The Morgan fingerprint density at radius 2 is 2.03 bits per heavy atom. The van der Waals surface area contributed by atoms with Crippen molar-refractivity contribution < 1.29 is 9.72 Å². The maximum absolute atomic E-state index is 13.5. The lowest BCUT2D eigenvalue weighted by atomic mass is 9.69. The van der Waals surface area contributed by atoms with E-state index >= 15 is 0 Å². The number of thiophene rings is 1. The Hall–Kier alpha value is -3.44. The number of hydrogen-bond donors (Lipinski definition) is 1. The number of Topliss-reactive ketones (excluding diaryl/α,β-unsaturated/α-hetero) is 1. The molecule has 170 valence electrons. The van der Waals surface area contributed by atoms with Crippen LogP contribution < -0.4 is 10.6 Å².